The van der Waals surface area contributed by atoms with E-state index in [-0.39, 0.29) is 22.4 Å². The van der Waals surface area contributed by atoms with Gasteiger partial charge in [0.25, 0.3) is 10.0 Å². The number of nitrogens with zero attached hydrogens (tertiary/aromatic N) is 2. The lowest BCUT2D eigenvalue weighted by atomic mass is 9.99. The van der Waals surface area contributed by atoms with Gasteiger partial charge in [-0.3, -0.25) is 4.79 Å². The zero-order valence-electron chi connectivity index (χ0n) is 16.6. The molecular formula is C20H20FN3O4S3. The number of carbonyl (C=O) groups is 1. The molecule has 0 radical (unpaired) electrons. The number of methoxy groups -OCH3 is 1. The summed E-state index contributed by atoms with van der Waals surface area (Å²) in [4.78, 5) is 17.1. The highest BCUT2D eigenvalue weighted by molar-refractivity contribution is 7.91. The third-order valence-electron chi connectivity index (χ3n) is 5.03. The van der Waals surface area contributed by atoms with Gasteiger partial charge in [-0.05, 0) is 42.5 Å². The van der Waals surface area contributed by atoms with E-state index in [1.54, 1.807) is 29.0 Å². The van der Waals surface area contributed by atoms with Crippen molar-refractivity contribution in [3.63, 3.8) is 0 Å². The molecule has 164 valence electrons. The number of hydrogen-bond acceptors (Lipinski definition) is 7. The van der Waals surface area contributed by atoms with E-state index in [0.717, 1.165) is 0 Å². The fourth-order valence-corrected chi connectivity index (χ4v) is 6.80. The predicted molar refractivity (Wildman–Crippen MR) is 118 cm³/mol. The van der Waals surface area contributed by atoms with Gasteiger partial charge in [-0.15, -0.1) is 22.7 Å². The quantitative estimate of drug-likeness (QED) is 0.574. The van der Waals surface area contributed by atoms with Crippen LogP contribution in [-0.4, -0.2) is 43.8 Å². The Hall–Kier alpha value is -2.34. The first-order chi connectivity index (χ1) is 14.9. The Balaban J connectivity index is 1.43. The first-order valence-electron chi connectivity index (χ1n) is 9.52. The van der Waals surface area contributed by atoms with Crippen LogP contribution in [0, 0.1) is 11.7 Å². The van der Waals surface area contributed by atoms with Crippen LogP contribution < -0.4 is 10.1 Å². The topological polar surface area (TPSA) is 88.6 Å². The number of nitrogens with one attached hydrogen (secondary N) is 1. The Morgan fingerprint density at radius 3 is 2.87 bits per heavy atom. The van der Waals surface area contributed by atoms with E-state index in [9.17, 15) is 17.6 Å². The molecule has 1 aliphatic heterocycles. The number of benzene rings is 1. The minimum Gasteiger partial charge on any atom is -0.494 e. The number of ether oxygens (including phenoxy) is 1. The maximum Gasteiger partial charge on any atom is 0.252 e. The van der Waals surface area contributed by atoms with Gasteiger partial charge in [-0.2, -0.15) is 4.31 Å². The van der Waals surface area contributed by atoms with Crippen LogP contribution in [-0.2, 0) is 14.8 Å². The SMILES string of the molecule is COc1ccc(-c2csc(NC(=O)C3CCCN(S(=O)(=O)c4cccs4)C3)n2)cc1F. The summed E-state index contributed by atoms with van der Waals surface area (Å²) < 4.78 is 46.1. The maximum atomic E-state index is 14.0. The second-order valence-electron chi connectivity index (χ2n) is 7.01. The van der Waals surface area contributed by atoms with E-state index < -0.39 is 21.8 Å². The van der Waals surface area contributed by atoms with Crippen LogP contribution >= 0.6 is 22.7 Å². The number of carbonyl (C=O) groups excluding carboxylic acids is 1. The van der Waals surface area contributed by atoms with Gasteiger partial charge in [0.15, 0.2) is 16.7 Å². The molecule has 0 spiro atoms. The summed E-state index contributed by atoms with van der Waals surface area (Å²) in [7, 11) is -2.19. The van der Waals surface area contributed by atoms with Crippen molar-refractivity contribution in [2.45, 2.75) is 17.1 Å². The number of aromatic nitrogens is 1. The van der Waals surface area contributed by atoms with Crippen molar-refractivity contribution in [2.24, 2.45) is 5.92 Å². The predicted octanol–water partition coefficient (Wildman–Crippen LogP) is 4.06. The van der Waals surface area contributed by atoms with Gasteiger partial charge in [-0.1, -0.05) is 6.07 Å². The van der Waals surface area contributed by atoms with Crippen molar-refractivity contribution < 1.29 is 22.3 Å². The fraction of sp³-hybridized carbons (Fsp3) is 0.300. The standard InChI is InChI=1S/C20H20FN3O4S3/c1-28-17-7-6-13(10-15(17)21)16-12-30-20(22-16)23-19(25)14-4-2-8-24(11-14)31(26,27)18-5-3-9-29-18/h3,5-7,9-10,12,14H,2,4,8,11H2,1H3,(H,22,23,25). The van der Waals surface area contributed by atoms with E-state index >= 15 is 0 Å². The molecule has 1 saturated heterocycles. The summed E-state index contributed by atoms with van der Waals surface area (Å²) in [6.07, 6.45) is 1.21. The Labute approximate surface area is 187 Å². The molecule has 31 heavy (non-hydrogen) atoms. The van der Waals surface area contributed by atoms with Gasteiger partial charge in [0, 0.05) is 24.0 Å². The van der Waals surface area contributed by atoms with Gasteiger partial charge >= 0.3 is 0 Å². The lowest BCUT2D eigenvalue weighted by Gasteiger charge is -2.30. The average molecular weight is 482 g/mol. The number of sulfonamides is 1. The normalized spacial score (nSPS) is 17.4. The third kappa shape index (κ3) is 4.64. The van der Waals surface area contributed by atoms with Crippen LogP contribution in [0.3, 0.4) is 0 Å². The molecule has 1 aliphatic rings. The number of halogens is 1. The summed E-state index contributed by atoms with van der Waals surface area (Å²) in [5.41, 5.74) is 1.10. The monoisotopic (exact) mass is 481 g/mol. The molecule has 0 bridgehead atoms. The van der Waals surface area contributed by atoms with E-state index in [0.29, 0.717) is 35.8 Å². The smallest absolute Gasteiger partial charge is 0.252 e. The molecule has 1 N–H and O–H groups in total. The summed E-state index contributed by atoms with van der Waals surface area (Å²) in [6, 6.07) is 7.81. The van der Waals surface area contributed by atoms with Gasteiger partial charge in [0.1, 0.15) is 4.21 Å². The second kappa shape index (κ2) is 9.03. The van der Waals surface area contributed by atoms with Crippen molar-refractivity contribution in [3.8, 4) is 17.0 Å². The van der Waals surface area contributed by atoms with Gasteiger partial charge in [0.05, 0.1) is 18.7 Å². The van der Waals surface area contributed by atoms with Crippen LogP contribution in [0.15, 0.2) is 45.3 Å². The summed E-state index contributed by atoms with van der Waals surface area (Å²) in [6.45, 7) is 0.530. The number of rotatable bonds is 6. The van der Waals surface area contributed by atoms with Gasteiger partial charge in [-0.25, -0.2) is 17.8 Å². The maximum absolute atomic E-state index is 14.0. The molecule has 3 aromatic rings. The summed E-state index contributed by atoms with van der Waals surface area (Å²) >= 11 is 2.40. The number of hydrogen-bond donors (Lipinski definition) is 1. The Morgan fingerprint density at radius 1 is 1.32 bits per heavy atom. The largest absolute Gasteiger partial charge is 0.494 e. The Bertz CT molecular complexity index is 1180. The van der Waals surface area contributed by atoms with E-state index in [2.05, 4.69) is 10.3 Å². The molecule has 4 rings (SSSR count). The lowest BCUT2D eigenvalue weighted by molar-refractivity contribution is -0.120. The third-order valence-corrected chi connectivity index (χ3v) is 9.02. The van der Waals surface area contributed by atoms with Crippen LogP contribution in [0.25, 0.3) is 11.3 Å². The van der Waals surface area contributed by atoms with Crippen molar-refractivity contribution in [2.75, 3.05) is 25.5 Å². The minimum atomic E-state index is -3.59. The fourth-order valence-electron chi connectivity index (χ4n) is 3.41. The number of anilines is 1. The van der Waals surface area contributed by atoms with E-state index in [1.807, 2.05) is 0 Å². The van der Waals surface area contributed by atoms with Crippen molar-refractivity contribution in [1.29, 1.82) is 0 Å². The molecule has 7 nitrogen and oxygen atoms in total. The zero-order valence-corrected chi connectivity index (χ0v) is 19.0. The summed E-state index contributed by atoms with van der Waals surface area (Å²) in [5.74, 6) is -1.08. The van der Waals surface area contributed by atoms with E-state index in [4.69, 9.17) is 4.74 Å². The summed E-state index contributed by atoms with van der Waals surface area (Å²) in [5, 5.41) is 6.61. The number of thiophene rings is 1. The highest BCUT2D eigenvalue weighted by atomic mass is 32.2. The number of amides is 1. The minimum absolute atomic E-state index is 0.133. The molecule has 11 heteroatoms. The zero-order chi connectivity index (χ0) is 22.0. The second-order valence-corrected chi connectivity index (χ2v) is 11.0. The number of piperidine rings is 1. The molecule has 0 aliphatic carbocycles. The van der Waals surface area contributed by atoms with Crippen molar-refractivity contribution >= 4 is 43.7 Å². The van der Waals surface area contributed by atoms with Crippen LogP contribution in [0.5, 0.6) is 5.75 Å². The van der Waals surface area contributed by atoms with Crippen molar-refractivity contribution in [3.05, 3.63) is 46.9 Å². The molecule has 1 fully saturated rings. The Kier molecular flexibility index (Phi) is 6.37. The van der Waals surface area contributed by atoms with Crippen LogP contribution in [0.4, 0.5) is 9.52 Å². The molecule has 3 heterocycles. The first-order valence-corrected chi connectivity index (χ1v) is 12.7. The van der Waals surface area contributed by atoms with E-state index in [1.165, 1.54) is 46.2 Å². The number of thiazole rings is 1. The highest BCUT2D eigenvalue weighted by Crippen LogP contribution is 2.30. The molecule has 1 atom stereocenters. The van der Waals surface area contributed by atoms with Crippen LogP contribution in [0.1, 0.15) is 12.8 Å². The molecule has 1 aromatic carbocycles. The van der Waals surface area contributed by atoms with Gasteiger partial charge in [0.2, 0.25) is 5.91 Å². The first kappa shape index (κ1) is 21.9. The molecular weight excluding hydrogens is 461 g/mol. The Morgan fingerprint density at radius 2 is 2.16 bits per heavy atom. The highest BCUT2D eigenvalue weighted by Gasteiger charge is 2.34. The average Bonchev–Trinajstić information content (AvgIpc) is 3.46. The van der Waals surface area contributed by atoms with Gasteiger partial charge < -0.3 is 10.1 Å². The lowest BCUT2D eigenvalue weighted by Crippen LogP contribution is -2.43. The van der Waals surface area contributed by atoms with Crippen molar-refractivity contribution in [1.82, 2.24) is 9.29 Å². The molecule has 0 saturated carbocycles. The van der Waals surface area contributed by atoms with Crippen LogP contribution in [0.2, 0.25) is 0 Å². The molecule has 1 unspecified atom stereocenters. The molecule has 1 amide bonds. The molecule has 2 aromatic heterocycles.